The molecular weight excluding hydrogens is 593 g/mol. The third-order valence-electron chi connectivity index (χ3n) is 8.25. The molecule has 0 radical (unpaired) electrons. The zero-order valence-electron chi connectivity index (χ0n) is 24.0. The van der Waals surface area contributed by atoms with Crippen molar-refractivity contribution in [1.82, 2.24) is 39.2 Å². The molecule has 0 unspecified atom stereocenters. The van der Waals surface area contributed by atoms with E-state index < -0.39 is 18.0 Å². The third kappa shape index (κ3) is 6.11. The Hall–Kier alpha value is -4.11. The van der Waals surface area contributed by atoms with E-state index in [1.54, 1.807) is 24.0 Å². The summed E-state index contributed by atoms with van der Waals surface area (Å²) >= 11 is 1.19. The zero-order chi connectivity index (χ0) is 30.4. The van der Waals surface area contributed by atoms with Crippen molar-refractivity contribution >= 4 is 34.9 Å². The van der Waals surface area contributed by atoms with Gasteiger partial charge in [-0.15, -0.1) is 21.5 Å². The quantitative estimate of drug-likeness (QED) is 0.275. The van der Waals surface area contributed by atoms with E-state index in [0.717, 1.165) is 75.1 Å². The van der Waals surface area contributed by atoms with Crippen LogP contribution in [0.25, 0.3) is 22.7 Å². The van der Waals surface area contributed by atoms with Crippen LogP contribution in [-0.4, -0.2) is 83.5 Å². The zero-order valence-corrected chi connectivity index (χ0v) is 24.8. The summed E-state index contributed by atoms with van der Waals surface area (Å²) in [6, 6.07) is 2.51. The SMILES string of the molecule is C[C@H](/C=C/n1cnnc1-c1nc(NC(=O)c2cc(-n3cnc(C4CC4)c3)c(N3CCN(C4CC4)CC3)cn2)cs1)C(F)(F)F. The molecule has 3 aliphatic rings. The van der Waals surface area contributed by atoms with Gasteiger partial charge in [0.25, 0.3) is 5.91 Å². The Morgan fingerprint density at radius 2 is 1.89 bits per heavy atom. The summed E-state index contributed by atoms with van der Waals surface area (Å²) in [5.41, 5.74) is 3.09. The summed E-state index contributed by atoms with van der Waals surface area (Å²) in [7, 11) is 0. The summed E-state index contributed by atoms with van der Waals surface area (Å²) in [6.45, 7) is 4.84. The van der Waals surface area contributed by atoms with Gasteiger partial charge >= 0.3 is 6.18 Å². The molecule has 1 atom stereocenters. The summed E-state index contributed by atoms with van der Waals surface area (Å²) in [5.74, 6) is -1.03. The van der Waals surface area contributed by atoms with Crippen molar-refractivity contribution < 1.29 is 18.0 Å². The molecule has 44 heavy (non-hydrogen) atoms. The number of imidazole rings is 1. The van der Waals surface area contributed by atoms with Crippen molar-refractivity contribution in [3.63, 3.8) is 0 Å². The smallest absolute Gasteiger partial charge is 0.366 e. The van der Waals surface area contributed by atoms with Gasteiger partial charge in [0.1, 0.15) is 17.8 Å². The van der Waals surface area contributed by atoms with Gasteiger partial charge in [-0.05, 0) is 31.7 Å². The monoisotopic (exact) mass is 624 g/mol. The van der Waals surface area contributed by atoms with E-state index in [-0.39, 0.29) is 17.3 Å². The number of thiazole rings is 1. The van der Waals surface area contributed by atoms with Crippen LogP contribution in [0.1, 0.15) is 54.7 Å². The first-order valence-electron chi connectivity index (χ1n) is 14.7. The van der Waals surface area contributed by atoms with Crippen LogP contribution < -0.4 is 10.2 Å². The van der Waals surface area contributed by atoms with Gasteiger partial charge in [-0.25, -0.2) is 15.0 Å². The molecule has 11 nitrogen and oxygen atoms in total. The number of carbonyl (C=O) groups excluding carboxylic acids is 1. The number of piperazine rings is 1. The molecule has 1 aliphatic heterocycles. The highest BCUT2D eigenvalue weighted by molar-refractivity contribution is 7.13. The van der Waals surface area contributed by atoms with Crippen molar-refractivity contribution in [3.8, 4) is 16.5 Å². The minimum atomic E-state index is -4.35. The second-order valence-electron chi connectivity index (χ2n) is 11.5. The molecule has 4 aromatic rings. The maximum atomic E-state index is 13.4. The highest BCUT2D eigenvalue weighted by atomic mass is 32.1. The number of carbonyl (C=O) groups is 1. The molecule has 1 saturated heterocycles. The van der Waals surface area contributed by atoms with Crippen molar-refractivity contribution in [2.24, 2.45) is 5.92 Å². The Morgan fingerprint density at radius 1 is 1.09 bits per heavy atom. The highest BCUT2D eigenvalue weighted by Crippen LogP contribution is 2.40. The molecule has 1 N–H and O–H groups in total. The number of hydrogen-bond acceptors (Lipinski definition) is 9. The lowest BCUT2D eigenvalue weighted by atomic mass is 10.2. The topological polar surface area (TPSA) is 110 Å². The van der Waals surface area contributed by atoms with Crippen molar-refractivity contribution in [3.05, 3.63) is 54.0 Å². The van der Waals surface area contributed by atoms with Crippen LogP contribution in [0, 0.1) is 5.92 Å². The lowest BCUT2D eigenvalue weighted by Gasteiger charge is -2.37. The van der Waals surface area contributed by atoms with Crippen molar-refractivity contribution in [1.29, 1.82) is 0 Å². The number of amides is 1. The molecule has 0 spiro atoms. The van der Waals surface area contributed by atoms with Gasteiger partial charge < -0.3 is 14.8 Å². The number of anilines is 2. The van der Waals surface area contributed by atoms with Crippen LogP contribution in [0.4, 0.5) is 24.7 Å². The normalized spacial score (nSPS) is 18.7. The summed E-state index contributed by atoms with van der Waals surface area (Å²) in [6.07, 6.45) is 9.72. The molecule has 7 rings (SSSR count). The number of nitrogens with zero attached hydrogens (tertiary/aromatic N) is 9. The summed E-state index contributed by atoms with van der Waals surface area (Å²) in [5, 5.41) is 12.6. The van der Waals surface area contributed by atoms with Gasteiger partial charge in [0, 0.05) is 55.9 Å². The van der Waals surface area contributed by atoms with Crippen LogP contribution in [-0.2, 0) is 0 Å². The van der Waals surface area contributed by atoms with Gasteiger partial charge in [-0.1, -0.05) is 13.0 Å². The molecule has 4 aromatic heterocycles. The van der Waals surface area contributed by atoms with Crippen LogP contribution in [0.3, 0.4) is 0 Å². The van der Waals surface area contributed by atoms with Crippen LogP contribution in [0.5, 0.6) is 0 Å². The summed E-state index contributed by atoms with van der Waals surface area (Å²) in [4.78, 5) is 31.8. The molecule has 0 aromatic carbocycles. The number of aromatic nitrogens is 7. The fraction of sp³-hybridized carbons (Fsp3) is 0.448. The molecule has 3 fully saturated rings. The van der Waals surface area contributed by atoms with Gasteiger partial charge in [-0.2, -0.15) is 13.2 Å². The summed E-state index contributed by atoms with van der Waals surface area (Å²) < 4.78 is 42.1. The lowest BCUT2D eigenvalue weighted by molar-refractivity contribution is -0.156. The second kappa shape index (κ2) is 11.4. The Kier molecular flexibility index (Phi) is 7.44. The number of halogens is 3. The Bertz CT molecular complexity index is 1680. The number of alkyl halides is 3. The number of pyridine rings is 1. The van der Waals surface area contributed by atoms with Gasteiger partial charge in [0.05, 0.1) is 35.5 Å². The molecule has 2 aliphatic carbocycles. The fourth-order valence-corrected chi connectivity index (χ4v) is 6.03. The minimum absolute atomic E-state index is 0.226. The number of allylic oxidation sites excluding steroid dienone is 1. The molecule has 0 bridgehead atoms. The molecule has 230 valence electrons. The van der Waals surface area contributed by atoms with Crippen LogP contribution in [0.2, 0.25) is 0 Å². The average Bonchev–Trinajstić information content (AvgIpc) is 3.90. The molecule has 1 amide bonds. The predicted molar refractivity (Wildman–Crippen MR) is 160 cm³/mol. The van der Waals surface area contributed by atoms with E-state index in [0.29, 0.717) is 10.9 Å². The van der Waals surface area contributed by atoms with Gasteiger partial charge in [0.15, 0.2) is 10.8 Å². The van der Waals surface area contributed by atoms with E-state index in [2.05, 4.69) is 40.3 Å². The molecule has 15 heteroatoms. The first-order chi connectivity index (χ1) is 21.2. The maximum Gasteiger partial charge on any atom is 0.394 e. The largest absolute Gasteiger partial charge is 0.394 e. The Labute approximate surface area is 255 Å². The van der Waals surface area contributed by atoms with Crippen LogP contribution in [0.15, 0.2) is 42.6 Å². The third-order valence-corrected chi connectivity index (χ3v) is 9.09. The maximum absolute atomic E-state index is 13.4. The number of rotatable bonds is 9. The van der Waals surface area contributed by atoms with E-state index in [1.165, 1.54) is 41.3 Å². The molecule has 2 saturated carbocycles. The number of hydrogen-bond donors (Lipinski definition) is 1. The van der Waals surface area contributed by atoms with E-state index in [1.807, 2.05) is 10.8 Å². The standard InChI is InChI=1S/C29H31F3N10OS/c1-18(29(30,31)32)6-7-41-17-35-38-26(41)28-37-25(15-44-28)36-27(43)21-12-23(42-14-22(34-16-42)19-2-3-19)24(13-33-21)40-10-8-39(9-11-40)20-4-5-20/h6-7,12-20H,2-5,8-11H2,1H3,(H,36,43)/b7-6+/t18-/m1/s1. The molecular formula is C29H31F3N10OS. The Balaban J connectivity index is 1.10. The van der Waals surface area contributed by atoms with E-state index in [4.69, 9.17) is 0 Å². The van der Waals surface area contributed by atoms with Crippen LogP contribution >= 0.6 is 11.3 Å². The first kappa shape index (κ1) is 28.6. The van der Waals surface area contributed by atoms with Gasteiger partial charge in [-0.3, -0.25) is 14.3 Å². The fourth-order valence-electron chi connectivity index (χ4n) is 5.29. The lowest BCUT2D eigenvalue weighted by Crippen LogP contribution is -2.47. The second-order valence-corrected chi connectivity index (χ2v) is 12.4. The van der Waals surface area contributed by atoms with E-state index in [9.17, 15) is 18.0 Å². The average molecular weight is 625 g/mol. The van der Waals surface area contributed by atoms with Gasteiger partial charge in [0.2, 0.25) is 0 Å². The Morgan fingerprint density at radius 3 is 2.61 bits per heavy atom. The molecule has 5 heterocycles. The van der Waals surface area contributed by atoms with Crippen molar-refractivity contribution in [2.45, 2.75) is 50.7 Å². The van der Waals surface area contributed by atoms with E-state index >= 15 is 0 Å². The minimum Gasteiger partial charge on any atom is -0.366 e. The first-order valence-corrected chi connectivity index (χ1v) is 15.6. The van der Waals surface area contributed by atoms with Crippen molar-refractivity contribution in [2.75, 3.05) is 36.4 Å². The highest BCUT2D eigenvalue weighted by Gasteiger charge is 2.34. The predicted octanol–water partition coefficient (Wildman–Crippen LogP) is 5.07. The number of nitrogens with one attached hydrogen (secondary N) is 1.